The molecule has 114 valence electrons. The van der Waals surface area contributed by atoms with Crippen LogP contribution in [0.3, 0.4) is 0 Å². The number of β-amino-alcohol motifs (C(OH)–C–C–N with tert-alkyl or cyclic N) is 2. The number of aliphatic hydroxyl groups is 2. The average molecular weight is 282 g/mol. The van der Waals surface area contributed by atoms with E-state index in [9.17, 15) is 15.0 Å². The van der Waals surface area contributed by atoms with Crippen LogP contribution in [-0.4, -0.2) is 58.9 Å². The highest BCUT2D eigenvalue weighted by molar-refractivity contribution is 5.78. The minimum atomic E-state index is -0.717. The van der Waals surface area contributed by atoms with Gasteiger partial charge in [-0.1, -0.05) is 6.42 Å². The van der Waals surface area contributed by atoms with Gasteiger partial charge in [0.25, 0.3) is 0 Å². The zero-order valence-corrected chi connectivity index (χ0v) is 12.2. The standard InChI is InChI=1S/C15H26N2O3/c1-9(12-5-10-2-3-11(12)4-10)16-15(20)8-17-6-13(18)14(19)7-17/h9-14,18-19H,2-8H2,1H3,(H,16,20)/t9?,10?,11?,12?,13-,14+. The summed E-state index contributed by atoms with van der Waals surface area (Å²) in [5.41, 5.74) is 0. The first-order valence-electron chi connectivity index (χ1n) is 7.90. The van der Waals surface area contributed by atoms with Gasteiger partial charge < -0.3 is 15.5 Å². The molecule has 0 aromatic rings. The minimum absolute atomic E-state index is 0.0153. The first kappa shape index (κ1) is 14.3. The SMILES string of the molecule is CC(NC(=O)CN1C[C@@H](O)[C@@H](O)C1)C1CC2CCC1C2. The number of carbonyl (C=O) groups is 1. The molecule has 2 bridgehead atoms. The molecule has 0 radical (unpaired) electrons. The molecule has 20 heavy (non-hydrogen) atoms. The van der Waals surface area contributed by atoms with Crippen molar-refractivity contribution in [2.75, 3.05) is 19.6 Å². The van der Waals surface area contributed by atoms with Crippen molar-refractivity contribution in [3.05, 3.63) is 0 Å². The molecule has 1 saturated heterocycles. The molecule has 3 aliphatic rings. The molecule has 3 rings (SSSR count). The lowest BCUT2D eigenvalue weighted by molar-refractivity contribution is -0.123. The third kappa shape index (κ3) is 2.85. The van der Waals surface area contributed by atoms with Crippen LogP contribution in [0.2, 0.25) is 0 Å². The maximum Gasteiger partial charge on any atom is 0.234 e. The van der Waals surface area contributed by atoms with Crippen LogP contribution in [0.1, 0.15) is 32.6 Å². The maximum atomic E-state index is 12.1. The van der Waals surface area contributed by atoms with Crippen molar-refractivity contribution in [3.8, 4) is 0 Å². The predicted molar refractivity (Wildman–Crippen MR) is 75.0 cm³/mol. The summed E-state index contributed by atoms with van der Waals surface area (Å²) in [4.78, 5) is 13.9. The van der Waals surface area contributed by atoms with Gasteiger partial charge in [-0.3, -0.25) is 9.69 Å². The fraction of sp³-hybridized carbons (Fsp3) is 0.933. The Morgan fingerprint density at radius 1 is 1.25 bits per heavy atom. The van der Waals surface area contributed by atoms with E-state index in [-0.39, 0.29) is 18.5 Å². The van der Waals surface area contributed by atoms with Gasteiger partial charge in [0.15, 0.2) is 0 Å². The number of aliphatic hydroxyl groups excluding tert-OH is 2. The lowest BCUT2D eigenvalue weighted by atomic mass is 9.84. The summed E-state index contributed by atoms with van der Waals surface area (Å²) in [6, 6.07) is 0.246. The summed E-state index contributed by atoms with van der Waals surface area (Å²) in [6.45, 7) is 3.17. The second-order valence-corrected chi connectivity index (χ2v) is 7.02. The van der Waals surface area contributed by atoms with E-state index < -0.39 is 12.2 Å². The Labute approximate surface area is 120 Å². The third-order valence-corrected chi connectivity index (χ3v) is 5.53. The van der Waals surface area contributed by atoms with E-state index in [1.54, 1.807) is 0 Å². The van der Waals surface area contributed by atoms with Crippen molar-refractivity contribution in [1.82, 2.24) is 10.2 Å². The van der Waals surface area contributed by atoms with Gasteiger partial charge in [0.2, 0.25) is 5.91 Å². The molecule has 3 N–H and O–H groups in total. The molecule has 3 fully saturated rings. The van der Waals surface area contributed by atoms with Gasteiger partial charge in [-0.2, -0.15) is 0 Å². The first-order chi connectivity index (χ1) is 9.52. The third-order valence-electron chi connectivity index (χ3n) is 5.53. The zero-order chi connectivity index (χ0) is 14.3. The quantitative estimate of drug-likeness (QED) is 0.677. The number of fused-ring (bicyclic) bond motifs is 2. The van der Waals surface area contributed by atoms with Crippen LogP contribution in [-0.2, 0) is 4.79 Å². The van der Waals surface area contributed by atoms with Crippen molar-refractivity contribution >= 4 is 5.91 Å². The molecule has 5 nitrogen and oxygen atoms in total. The Morgan fingerprint density at radius 2 is 1.95 bits per heavy atom. The van der Waals surface area contributed by atoms with Crippen LogP contribution in [0.25, 0.3) is 0 Å². The molecule has 0 aromatic carbocycles. The summed E-state index contributed by atoms with van der Waals surface area (Å²) in [5, 5.41) is 22.1. The number of amides is 1. The number of nitrogens with zero attached hydrogens (tertiary/aromatic N) is 1. The van der Waals surface area contributed by atoms with E-state index in [2.05, 4.69) is 12.2 Å². The van der Waals surface area contributed by atoms with Crippen LogP contribution in [0, 0.1) is 17.8 Å². The lowest BCUT2D eigenvalue weighted by Gasteiger charge is -2.29. The van der Waals surface area contributed by atoms with E-state index >= 15 is 0 Å². The Balaban J connectivity index is 1.45. The lowest BCUT2D eigenvalue weighted by Crippen LogP contribution is -2.44. The van der Waals surface area contributed by atoms with Crippen molar-refractivity contribution in [3.63, 3.8) is 0 Å². The van der Waals surface area contributed by atoms with E-state index in [1.165, 1.54) is 25.7 Å². The topological polar surface area (TPSA) is 72.8 Å². The number of hydrogen-bond acceptors (Lipinski definition) is 4. The van der Waals surface area contributed by atoms with Gasteiger partial charge in [-0.05, 0) is 43.9 Å². The average Bonchev–Trinajstić information content (AvgIpc) is 3.06. The van der Waals surface area contributed by atoms with Gasteiger partial charge in [-0.15, -0.1) is 0 Å². The Bertz CT molecular complexity index is 366. The van der Waals surface area contributed by atoms with Crippen LogP contribution in [0.15, 0.2) is 0 Å². The summed E-state index contributed by atoms with van der Waals surface area (Å²) < 4.78 is 0. The van der Waals surface area contributed by atoms with Gasteiger partial charge in [0.1, 0.15) is 0 Å². The molecule has 1 amide bonds. The Hall–Kier alpha value is -0.650. The summed E-state index contributed by atoms with van der Waals surface area (Å²) in [5.74, 6) is 2.37. The molecule has 4 unspecified atom stereocenters. The van der Waals surface area contributed by atoms with Gasteiger partial charge in [0.05, 0.1) is 18.8 Å². The summed E-state index contributed by atoms with van der Waals surface area (Å²) in [6.07, 6.45) is 3.91. The van der Waals surface area contributed by atoms with Crippen molar-refractivity contribution < 1.29 is 15.0 Å². The van der Waals surface area contributed by atoms with E-state index in [1.807, 2.05) is 4.90 Å². The van der Waals surface area contributed by atoms with Crippen molar-refractivity contribution in [2.45, 2.75) is 50.9 Å². The van der Waals surface area contributed by atoms with E-state index in [0.717, 1.165) is 11.8 Å². The van der Waals surface area contributed by atoms with Crippen LogP contribution < -0.4 is 5.32 Å². The van der Waals surface area contributed by atoms with Gasteiger partial charge in [0, 0.05) is 19.1 Å². The zero-order valence-electron chi connectivity index (χ0n) is 12.2. The second-order valence-electron chi connectivity index (χ2n) is 7.02. The maximum absolute atomic E-state index is 12.1. The molecular weight excluding hydrogens is 256 g/mol. The van der Waals surface area contributed by atoms with Crippen LogP contribution in [0.5, 0.6) is 0 Å². The molecule has 2 saturated carbocycles. The number of carbonyl (C=O) groups excluding carboxylic acids is 1. The Kier molecular flexibility index (Phi) is 4.02. The molecule has 6 atom stereocenters. The van der Waals surface area contributed by atoms with E-state index in [4.69, 9.17) is 0 Å². The fourth-order valence-electron chi connectivity index (χ4n) is 4.49. The van der Waals surface area contributed by atoms with Crippen molar-refractivity contribution in [1.29, 1.82) is 0 Å². The molecule has 5 heteroatoms. The molecule has 2 aliphatic carbocycles. The number of rotatable bonds is 4. The normalized spacial score (nSPS) is 42.0. The number of hydrogen-bond donors (Lipinski definition) is 3. The van der Waals surface area contributed by atoms with Crippen LogP contribution >= 0.6 is 0 Å². The summed E-state index contributed by atoms with van der Waals surface area (Å²) in [7, 11) is 0. The Morgan fingerprint density at radius 3 is 2.50 bits per heavy atom. The van der Waals surface area contributed by atoms with E-state index in [0.29, 0.717) is 19.0 Å². The largest absolute Gasteiger partial charge is 0.389 e. The highest BCUT2D eigenvalue weighted by Gasteiger charge is 2.42. The first-order valence-corrected chi connectivity index (χ1v) is 7.90. The predicted octanol–water partition coefficient (Wildman–Crippen LogP) is -0.0353. The number of nitrogens with one attached hydrogen (secondary N) is 1. The molecular formula is C15H26N2O3. The van der Waals surface area contributed by atoms with Gasteiger partial charge >= 0.3 is 0 Å². The smallest absolute Gasteiger partial charge is 0.234 e. The van der Waals surface area contributed by atoms with Gasteiger partial charge in [-0.25, -0.2) is 0 Å². The highest BCUT2D eigenvalue weighted by Crippen LogP contribution is 2.49. The minimum Gasteiger partial charge on any atom is -0.389 e. The number of likely N-dealkylation sites (tertiary alicyclic amines) is 1. The highest BCUT2D eigenvalue weighted by atomic mass is 16.3. The molecule has 0 spiro atoms. The van der Waals surface area contributed by atoms with Crippen LogP contribution in [0.4, 0.5) is 0 Å². The van der Waals surface area contributed by atoms with Crippen molar-refractivity contribution in [2.24, 2.45) is 17.8 Å². The molecule has 1 aliphatic heterocycles. The molecule has 0 aromatic heterocycles. The fourth-order valence-corrected chi connectivity index (χ4v) is 4.49. The molecule has 1 heterocycles. The summed E-state index contributed by atoms with van der Waals surface area (Å²) >= 11 is 0. The monoisotopic (exact) mass is 282 g/mol. The second kappa shape index (κ2) is 5.62.